The van der Waals surface area contributed by atoms with Gasteiger partial charge in [0.25, 0.3) is 0 Å². The summed E-state index contributed by atoms with van der Waals surface area (Å²) in [5, 5.41) is 0. The second-order valence-electron chi connectivity index (χ2n) is 2.72. The van der Waals surface area contributed by atoms with Gasteiger partial charge in [-0.25, -0.2) is 0 Å². The van der Waals surface area contributed by atoms with Crippen molar-refractivity contribution >= 4 is 0 Å². The van der Waals surface area contributed by atoms with Crippen LogP contribution in [-0.2, 0) is 4.74 Å². The van der Waals surface area contributed by atoms with E-state index in [9.17, 15) is 0 Å². The molecule has 0 fully saturated rings. The van der Waals surface area contributed by atoms with Crippen LogP contribution in [0, 0.1) is 12.0 Å². The minimum Gasteiger partial charge on any atom is -0.378 e. The molecule has 0 rings (SSSR count). The molecule has 0 unspecified atom stereocenters. The summed E-state index contributed by atoms with van der Waals surface area (Å²) in [6.45, 7) is 8.09. The Labute approximate surface area is 45.7 Å². The van der Waals surface area contributed by atoms with E-state index in [1.807, 2.05) is 6.61 Å². The van der Waals surface area contributed by atoms with Crippen molar-refractivity contribution in [2.45, 2.75) is 20.8 Å². The third-order valence-electron chi connectivity index (χ3n) is 0.471. The van der Waals surface area contributed by atoms with Crippen molar-refractivity contribution in [3.63, 3.8) is 0 Å². The normalized spacial score (nSPS) is 12.0. The van der Waals surface area contributed by atoms with Gasteiger partial charge in [0.2, 0.25) is 0 Å². The molecule has 0 saturated carbocycles. The summed E-state index contributed by atoms with van der Waals surface area (Å²) in [5.74, 6) is 0. The van der Waals surface area contributed by atoms with Crippen molar-refractivity contribution in [1.29, 1.82) is 0 Å². The van der Waals surface area contributed by atoms with Crippen LogP contribution in [0.3, 0.4) is 0 Å². The monoisotopic (exact) mass is 101 g/mol. The summed E-state index contributed by atoms with van der Waals surface area (Å²) in [4.78, 5) is 0. The van der Waals surface area contributed by atoms with Crippen molar-refractivity contribution in [2.75, 3.05) is 7.11 Å². The molecule has 0 heterocycles. The standard InChI is InChI=1S/C6H13O/c1-6(2,3)5-7-4/h5H,1-4H3. The molecule has 1 nitrogen and oxygen atoms in total. The van der Waals surface area contributed by atoms with Gasteiger partial charge in [0.15, 0.2) is 0 Å². The molecule has 0 aromatic heterocycles. The van der Waals surface area contributed by atoms with Crippen LogP contribution in [0.1, 0.15) is 20.8 Å². The number of ether oxygens (including phenoxy) is 1. The Morgan fingerprint density at radius 1 is 1.29 bits per heavy atom. The van der Waals surface area contributed by atoms with E-state index in [4.69, 9.17) is 4.74 Å². The summed E-state index contributed by atoms with van der Waals surface area (Å²) < 4.78 is 4.78. The maximum Gasteiger partial charge on any atom is 0.0885 e. The smallest absolute Gasteiger partial charge is 0.0885 e. The third-order valence-corrected chi connectivity index (χ3v) is 0.471. The maximum absolute atomic E-state index is 4.78. The van der Waals surface area contributed by atoms with Crippen LogP contribution in [-0.4, -0.2) is 7.11 Å². The summed E-state index contributed by atoms with van der Waals surface area (Å²) in [5.41, 5.74) is 0.203. The van der Waals surface area contributed by atoms with Crippen LogP contribution in [0.4, 0.5) is 0 Å². The zero-order valence-electron chi connectivity index (χ0n) is 5.49. The van der Waals surface area contributed by atoms with Gasteiger partial charge >= 0.3 is 0 Å². The molecule has 1 radical (unpaired) electrons. The Balaban J connectivity index is 3.15. The van der Waals surface area contributed by atoms with E-state index in [0.29, 0.717) is 0 Å². The lowest BCUT2D eigenvalue weighted by Gasteiger charge is -2.14. The van der Waals surface area contributed by atoms with Gasteiger partial charge in [-0.05, 0) is 5.41 Å². The van der Waals surface area contributed by atoms with Crippen molar-refractivity contribution in [2.24, 2.45) is 5.41 Å². The lowest BCUT2D eigenvalue weighted by molar-refractivity contribution is 0.193. The fourth-order valence-corrected chi connectivity index (χ4v) is 0.354. The van der Waals surface area contributed by atoms with Crippen LogP contribution in [0.2, 0.25) is 0 Å². The van der Waals surface area contributed by atoms with E-state index in [1.165, 1.54) is 0 Å². The minimum atomic E-state index is 0.203. The largest absolute Gasteiger partial charge is 0.378 e. The highest BCUT2D eigenvalue weighted by molar-refractivity contribution is 4.69. The molecule has 0 saturated heterocycles. The molecule has 0 bridgehead atoms. The topological polar surface area (TPSA) is 9.23 Å². The van der Waals surface area contributed by atoms with Crippen molar-refractivity contribution < 1.29 is 4.74 Å². The molecular weight excluding hydrogens is 88.1 g/mol. The van der Waals surface area contributed by atoms with Gasteiger partial charge in [-0.2, -0.15) is 0 Å². The van der Waals surface area contributed by atoms with Crippen LogP contribution in [0.25, 0.3) is 0 Å². The molecule has 43 valence electrons. The fourth-order valence-electron chi connectivity index (χ4n) is 0.354. The van der Waals surface area contributed by atoms with Crippen molar-refractivity contribution in [3.05, 3.63) is 6.61 Å². The van der Waals surface area contributed by atoms with E-state index in [1.54, 1.807) is 7.11 Å². The highest BCUT2D eigenvalue weighted by atomic mass is 16.5. The minimum absolute atomic E-state index is 0.203. The SMILES string of the molecule is CO[CH]C(C)(C)C. The molecule has 0 atom stereocenters. The average Bonchev–Trinajstić information content (AvgIpc) is 1.30. The first-order valence-corrected chi connectivity index (χ1v) is 2.43. The fraction of sp³-hybridized carbons (Fsp3) is 0.833. The van der Waals surface area contributed by atoms with Gasteiger partial charge in [0.05, 0.1) is 6.61 Å². The zero-order chi connectivity index (χ0) is 5.91. The summed E-state index contributed by atoms with van der Waals surface area (Å²) in [6.07, 6.45) is 0. The first-order valence-electron chi connectivity index (χ1n) is 2.43. The van der Waals surface area contributed by atoms with Crippen LogP contribution < -0.4 is 0 Å². The summed E-state index contributed by atoms with van der Waals surface area (Å²) in [7, 11) is 1.67. The van der Waals surface area contributed by atoms with E-state index >= 15 is 0 Å². The predicted molar refractivity (Wildman–Crippen MR) is 30.8 cm³/mol. The van der Waals surface area contributed by atoms with Gasteiger partial charge in [0.1, 0.15) is 0 Å². The van der Waals surface area contributed by atoms with Gasteiger partial charge in [-0.3, -0.25) is 0 Å². The summed E-state index contributed by atoms with van der Waals surface area (Å²) >= 11 is 0. The highest BCUT2D eigenvalue weighted by Gasteiger charge is 2.08. The lowest BCUT2D eigenvalue weighted by Crippen LogP contribution is -2.05. The molecule has 0 aliphatic carbocycles. The number of methoxy groups -OCH3 is 1. The molecule has 0 N–H and O–H groups in total. The second kappa shape index (κ2) is 2.31. The number of hydrogen-bond acceptors (Lipinski definition) is 1. The lowest BCUT2D eigenvalue weighted by atomic mass is 9.99. The Hall–Kier alpha value is -0.0400. The quantitative estimate of drug-likeness (QED) is 0.489. The van der Waals surface area contributed by atoms with Crippen LogP contribution in [0.15, 0.2) is 0 Å². The molecule has 1 heteroatoms. The Bertz CT molecular complexity index is 42.6. The Morgan fingerprint density at radius 2 is 1.71 bits per heavy atom. The van der Waals surface area contributed by atoms with E-state index in [2.05, 4.69) is 20.8 Å². The van der Waals surface area contributed by atoms with Crippen LogP contribution >= 0.6 is 0 Å². The first-order chi connectivity index (χ1) is 3.06. The molecule has 0 spiro atoms. The van der Waals surface area contributed by atoms with E-state index < -0.39 is 0 Å². The van der Waals surface area contributed by atoms with E-state index in [-0.39, 0.29) is 5.41 Å². The molecule has 0 aliphatic rings. The molecule has 0 amide bonds. The second-order valence-corrected chi connectivity index (χ2v) is 2.72. The number of hydrogen-bond donors (Lipinski definition) is 0. The predicted octanol–water partition coefficient (Wildman–Crippen LogP) is 1.84. The zero-order valence-corrected chi connectivity index (χ0v) is 5.49. The first kappa shape index (κ1) is 6.96. The van der Waals surface area contributed by atoms with Gasteiger partial charge in [-0.1, -0.05) is 20.8 Å². The third kappa shape index (κ3) is 5.96. The van der Waals surface area contributed by atoms with Gasteiger partial charge in [0, 0.05) is 7.11 Å². The average molecular weight is 101 g/mol. The number of rotatable bonds is 1. The molecule has 0 aromatic carbocycles. The van der Waals surface area contributed by atoms with E-state index in [0.717, 1.165) is 0 Å². The van der Waals surface area contributed by atoms with Gasteiger partial charge in [-0.15, -0.1) is 0 Å². The molecule has 0 aliphatic heterocycles. The Morgan fingerprint density at radius 3 is 1.71 bits per heavy atom. The maximum atomic E-state index is 4.78. The Kier molecular flexibility index (Phi) is 2.30. The molecule has 0 aromatic rings. The van der Waals surface area contributed by atoms with Crippen LogP contribution in [0.5, 0.6) is 0 Å². The van der Waals surface area contributed by atoms with Gasteiger partial charge < -0.3 is 4.74 Å². The highest BCUT2D eigenvalue weighted by Crippen LogP contribution is 2.16. The van der Waals surface area contributed by atoms with Crippen molar-refractivity contribution in [3.8, 4) is 0 Å². The summed E-state index contributed by atoms with van der Waals surface area (Å²) in [6, 6.07) is 0. The molecular formula is C6H13O. The molecule has 7 heavy (non-hydrogen) atoms. The van der Waals surface area contributed by atoms with Crippen molar-refractivity contribution in [1.82, 2.24) is 0 Å².